The van der Waals surface area contributed by atoms with Crippen molar-refractivity contribution in [2.75, 3.05) is 19.1 Å². The first-order chi connectivity index (χ1) is 8.74. The average Bonchev–Trinajstić information content (AvgIpc) is 2.46. The van der Waals surface area contributed by atoms with Gasteiger partial charge in [-0.2, -0.15) is 4.98 Å². The van der Waals surface area contributed by atoms with Crippen LogP contribution in [0.4, 0.5) is 11.6 Å². The summed E-state index contributed by atoms with van der Waals surface area (Å²) in [5, 5.41) is 0. The van der Waals surface area contributed by atoms with Crippen molar-refractivity contribution in [3.63, 3.8) is 0 Å². The number of ether oxygens (including phenoxy) is 1. The van der Waals surface area contributed by atoms with Gasteiger partial charge in [0.2, 0.25) is 11.8 Å². The lowest BCUT2D eigenvalue weighted by Crippen LogP contribution is -2.13. The Kier molecular flexibility index (Phi) is 3.74. The first-order valence-electron chi connectivity index (χ1n) is 5.64. The maximum absolute atomic E-state index is 5.63. The van der Waals surface area contributed by atoms with Gasteiger partial charge in [-0.05, 0) is 17.7 Å². The number of aromatic nitrogens is 2. The minimum absolute atomic E-state index is 0.515. The van der Waals surface area contributed by atoms with Crippen molar-refractivity contribution in [3.05, 3.63) is 42.1 Å². The van der Waals surface area contributed by atoms with Crippen molar-refractivity contribution in [2.45, 2.75) is 6.54 Å². The van der Waals surface area contributed by atoms with E-state index in [1.165, 1.54) is 0 Å². The zero-order valence-electron chi connectivity index (χ0n) is 10.5. The topological polar surface area (TPSA) is 64.3 Å². The third-order valence-corrected chi connectivity index (χ3v) is 2.66. The molecule has 2 rings (SSSR count). The highest BCUT2D eigenvalue weighted by Crippen LogP contribution is 2.22. The van der Waals surface area contributed by atoms with Gasteiger partial charge in [0.15, 0.2) is 0 Å². The van der Waals surface area contributed by atoms with Gasteiger partial charge in [0.25, 0.3) is 0 Å². The van der Waals surface area contributed by atoms with Crippen LogP contribution in [0.1, 0.15) is 5.56 Å². The molecule has 1 heterocycles. The Labute approximate surface area is 106 Å². The fourth-order valence-corrected chi connectivity index (χ4v) is 1.62. The molecule has 94 valence electrons. The summed E-state index contributed by atoms with van der Waals surface area (Å²) in [5.74, 6) is 1.13. The zero-order valence-corrected chi connectivity index (χ0v) is 10.5. The molecule has 18 heavy (non-hydrogen) atoms. The maximum Gasteiger partial charge on any atom is 0.232 e. The Morgan fingerprint density at radius 1 is 1.33 bits per heavy atom. The fraction of sp³-hybridized carbons (Fsp3) is 0.231. The normalized spacial score (nSPS) is 10.2. The molecule has 0 fully saturated rings. The van der Waals surface area contributed by atoms with Crippen molar-refractivity contribution in [1.82, 2.24) is 9.97 Å². The summed E-state index contributed by atoms with van der Waals surface area (Å²) in [6, 6.07) is 9.68. The Morgan fingerprint density at radius 3 is 2.89 bits per heavy atom. The van der Waals surface area contributed by atoms with Gasteiger partial charge in [0.1, 0.15) is 0 Å². The van der Waals surface area contributed by atoms with E-state index in [4.69, 9.17) is 10.5 Å². The fourth-order valence-electron chi connectivity index (χ4n) is 1.62. The van der Waals surface area contributed by atoms with Gasteiger partial charge in [-0.1, -0.05) is 12.1 Å². The molecule has 0 saturated carbocycles. The van der Waals surface area contributed by atoms with Crippen molar-refractivity contribution < 1.29 is 4.74 Å². The number of hydrogen-bond acceptors (Lipinski definition) is 5. The van der Waals surface area contributed by atoms with Crippen molar-refractivity contribution in [1.29, 1.82) is 0 Å². The van der Waals surface area contributed by atoms with Gasteiger partial charge >= 0.3 is 0 Å². The highest BCUT2D eigenvalue weighted by atomic mass is 16.5. The zero-order chi connectivity index (χ0) is 13.0. The molecule has 0 saturated heterocycles. The lowest BCUT2D eigenvalue weighted by Gasteiger charge is -2.18. The minimum Gasteiger partial charge on any atom is -0.481 e. The predicted molar refractivity (Wildman–Crippen MR) is 71.0 cm³/mol. The molecule has 0 radical (unpaired) electrons. The van der Waals surface area contributed by atoms with Crippen LogP contribution in [0.5, 0.6) is 5.88 Å². The van der Waals surface area contributed by atoms with E-state index in [9.17, 15) is 0 Å². The van der Waals surface area contributed by atoms with Crippen LogP contribution in [-0.4, -0.2) is 24.1 Å². The van der Waals surface area contributed by atoms with Crippen molar-refractivity contribution >= 4 is 11.6 Å². The summed E-state index contributed by atoms with van der Waals surface area (Å²) < 4.78 is 5.09. The van der Waals surface area contributed by atoms with Crippen molar-refractivity contribution in [3.8, 4) is 5.88 Å². The molecule has 0 spiro atoms. The molecule has 0 bridgehead atoms. The van der Waals surface area contributed by atoms with Crippen LogP contribution in [0.3, 0.4) is 0 Å². The summed E-state index contributed by atoms with van der Waals surface area (Å²) in [5.41, 5.74) is 7.70. The molecule has 5 nitrogen and oxygen atoms in total. The summed E-state index contributed by atoms with van der Waals surface area (Å²) in [6.07, 6.45) is 1.67. The Hall–Kier alpha value is -2.14. The van der Waals surface area contributed by atoms with Crippen LogP contribution in [-0.2, 0) is 6.54 Å². The molecule has 5 heteroatoms. The van der Waals surface area contributed by atoms with E-state index >= 15 is 0 Å². The van der Waals surface area contributed by atoms with Gasteiger partial charge in [0.05, 0.1) is 7.11 Å². The Morgan fingerprint density at radius 2 is 2.17 bits per heavy atom. The number of methoxy groups -OCH3 is 1. The minimum atomic E-state index is 0.515. The van der Waals surface area contributed by atoms with Gasteiger partial charge in [-0.25, -0.2) is 4.98 Å². The van der Waals surface area contributed by atoms with E-state index in [2.05, 4.69) is 9.97 Å². The molecular formula is C13H16N4O. The second kappa shape index (κ2) is 5.46. The highest BCUT2D eigenvalue weighted by molar-refractivity contribution is 5.57. The largest absolute Gasteiger partial charge is 0.481 e. The summed E-state index contributed by atoms with van der Waals surface area (Å²) in [6.45, 7) is 0.515. The number of benzene rings is 1. The van der Waals surface area contributed by atoms with Gasteiger partial charge < -0.3 is 15.4 Å². The lowest BCUT2D eigenvalue weighted by molar-refractivity contribution is 0.397. The Balaban J connectivity index is 2.31. The number of hydrogen-bond donors (Lipinski definition) is 1. The van der Waals surface area contributed by atoms with E-state index in [1.807, 2.05) is 36.2 Å². The van der Waals surface area contributed by atoms with Crippen LogP contribution < -0.4 is 15.4 Å². The maximum atomic E-state index is 5.63. The molecule has 1 aromatic heterocycles. The number of nitrogens with zero attached hydrogens (tertiary/aromatic N) is 3. The summed E-state index contributed by atoms with van der Waals surface area (Å²) in [4.78, 5) is 10.4. The molecule has 2 aromatic rings. The molecule has 0 unspecified atom stereocenters. The number of anilines is 2. The highest BCUT2D eigenvalue weighted by Gasteiger charge is 2.08. The van der Waals surface area contributed by atoms with Crippen LogP contribution >= 0.6 is 0 Å². The molecule has 0 atom stereocenters. The van der Waals surface area contributed by atoms with Crippen LogP contribution in [0, 0.1) is 0 Å². The van der Waals surface area contributed by atoms with E-state index in [0.29, 0.717) is 18.4 Å². The van der Waals surface area contributed by atoms with Gasteiger partial charge in [-0.3, -0.25) is 0 Å². The standard InChI is InChI=1S/C13H16N4O/c1-17(11-5-3-4-10(8-11)9-14)13-15-7-6-12(16-13)18-2/h3-8H,9,14H2,1-2H3. The molecule has 2 N–H and O–H groups in total. The first kappa shape index (κ1) is 12.3. The molecule has 0 amide bonds. The van der Waals surface area contributed by atoms with Crippen LogP contribution in [0.25, 0.3) is 0 Å². The summed E-state index contributed by atoms with van der Waals surface area (Å²) >= 11 is 0. The molecule has 0 aliphatic carbocycles. The second-order valence-electron chi connectivity index (χ2n) is 3.83. The van der Waals surface area contributed by atoms with Crippen molar-refractivity contribution in [2.24, 2.45) is 5.73 Å². The molecule has 0 aliphatic heterocycles. The van der Waals surface area contributed by atoms with Gasteiger partial charge in [0, 0.05) is 31.5 Å². The monoisotopic (exact) mass is 244 g/mol. The van der Waals surface area contributed by atoms with E-state index < -0.39 is 0 Å². The first-order valence-corrected chi connectivity index (χ1v) is 5.64. The second-order valence-corrected chi connectivity index (χ2v) is 3.83. The van der Waals surface area contributed by atoms with Gasteiger partial charge in [-0.15, -0.1) is 0 Å². The average molecular weight is 244 g/mol. The molecule has 0 aliphatic rings. The van der Waals surface area contributed by atoms with Crippen LogP contribution in [0.15, 0.2) is 36.5 Å². The third kappa shape index (κ3) is 2.57. The third-order valence-electron chi connectivity index (χ3n) is 2.66. The molecule has 1 aromatic carbocycles. The van der Waals surface area contributed by atoms with E-state index in [0.717, 1.165) is 11.3 Å². The SMILES string of the molecule is COc1ccnc(N(C)c2cccc(CN)c2)n1. The quantitative estimate of drug-likeness (QED) is 0.887. The number of nitrogens with two attached hydrogens (primary N) is 1. The van der Waals surface area contributed by atoms with E-state index in [-0.39, 0.29) is 0 Å². The van der Waals surface area contributed by atoms with Crippen LogP contribution in [0.2, 0.25) is 0 Å². The van der Waals surface area contributed by atoms with E-state index in [1.54, 1.807) is 19.4 Å². The Bertz CT molecular complexity index is 482. The molecular weight excluding hydrogens is 228 g/mol. The predicted octanol–water partition coefficient (Wildman–Crippen LogP) is 1.71. The summed E-state index contributed by atoms with van der Waals surface area (Å²) in [7, 11) is 3.49. The number of rotatable bonds is 4. The smallest absolute Gasteiger partial charge is 0.232 e. The lowest BCUT2D eigenvalue weighted by atomic mass is 10.2.